The van der Waals surface area contributed by atoms with Crippen molar-refractivity contribution in [1.29, 1.82) is 0 Å². The molecule has 1 saturated carbocycles. The number of rotatable bonds is 8. The first-order valence-electron chi connectivity index (χ1n) is 25.8. The highest BCUT2D eigenvalue weighted by molar-refractivity contribution is 7.57. The molecule has 2 aliphatic heterocycles. The number of aliphatic hydroxyl groups is 2. The number of aliphatic hydroxyl groups excluding tert-OH is 1. The summed E-state index contributed by atoms with van der Waals surface area (Å²) in [6.45, 7) is 19.7. The Kier molecular flexibility index (Phi) is 24.8. The second-order valence-corrected chi connectivity index (χ2v) is 24.5. The van der Waals surface area contributed by atoms with E-state index in [1.54, 1.807) is 54.4 Å². The molecule has 3 aliphatic rings. The van der Waals surface area contributed by atoms with Gasteiger partial charge in [-0.1, -0.05) is 84.4 Å². The molecule has 0 aromatic heterocycles. The maximum atomic E-state index is 14.4. The van der Waals surface area contributed by atoms with Gasteiger partial charge in [0.2, 0.25) is 0 Å². The number of Topliss-reactive ketones (excluding diaryl/α,β-unsaturated/α-hetero) is 3. The number of piperidine rings is 1. The Morgan fingerprint density at radius 3 is 2.16 bits per heavy atom. The van der Waals surface area contributed by atoms with Crippen LogP contribution in [0.2, 0.25) is 0 Å². The van der Waals surface area contributed by atoms with Crippen LogP contribution in [0, 0.1) is 41.4 Å². The van der Waals surface area contributed by atoms with Crippen LogP contribution in [0.4, 0.5) is 0 Å². The van der Waals surface area contributed by atoms with Gasteiger partial charge in [-0.3, -0.25) is 23.7 Å². The van der Waals surface area contributed by atoms with Crippen molar-refractivity contribution >= 4 is 36.6 Å². The maximum Gasteiger partial charge on any atom is 0.329 e. The minimum atomic E-state index is -2.78. The third kappa shape index (κ3) is 18.1. The van der Waals surface area contributed by atoms with E-state index in [0.717, 1.165) is 12.0 Å². The molecule has 0 bridgehead atoms. The average molecular weight is 1000 g/mol. The van der Waals surface area contributed by atoms with Crippen molar-refractivity contribution in [3.63, 3.8) is 0 Å². The summed E-state index contributed by atoms with van der Waals surface area (Å²) in [6.07, 6.45) is 13.4. The van der Waals surface area contributed by atoms with Crippen molar-refractivity contribution in [1.82, 2.24) is 4.90 Å². The summed E-state index contributed by atoms with van der Waals surface area (Å²) < 4.78 is 42.1. The third-order valence-electron chi connectivity index (χ3n) is 15.2. The fourth-order valence-corrected chi connectivity index (χ4v) is 11.3. The number of hydrogen-bond acceptors (Lipinski definition) is 13. The lowest BCUT2D eigenvalue weighted by Gasteiger charge is -2.39. The highest BCUT2D eigenvalue weighted by atomic mass is 31.2. The largest absolute Gasteiger partial charge is 0.460 e. The Bertz CT molecular complexity index is 1920. The first-order chi connectivity index (χ1) is 32.7. The van der Waals surface area contributed by atoms with Gasteiger partial charge >= 0.3 is 5.97 Å². The van der Waals surface area contributed by atoms with E-state index in [1.807, 2.05) is 58.1 Å². The Balaban J connectivity index is 2.02. The summed E-state index contributed by atoms with van der Waals surface area (Å²) in [4.78, 5) is 71.9. The number of allylic oxidation sites excluding steroid dienone is 6. The molecule has 1 amide bonds. The van der Waals surface area contributed by atoms with E-state index in [0.29, 0.717) is 63.4 Å². The number of ketones is 3. The molecule has 2 N–H and O–H groups in total. The molecular weight excluding hydrogens is 914 g/mol. The molecule has 15 atom stereocenters. The summed E-state index contributed by atoms with van der Waals surface area (Å²) in [5.74, 6) is -4.98. The molecular formula is C55H90NO13P. The van der Waals surface area contributed by atoms with Crippen LogP contribution in [-0.4, -0.2) is 134 Å². The molecule has 2 fully saturated rings. The second-order valence-electron chi connectivity index (χ2n) is 21.7. The molecule has 0 unspecified atom stereocenters. The number of ether oxygens (including phenoxy) is 4. The smallest absolute Gasteiger partial charge is 0.329 e. The predicted molar refractivity (Wildman–Crippen MR) is 273 cm³/mol. The molecule has 1 saturated heterocycles. The Labute approximate surface area is 420 Å². The number of carbonyl (C=O) groups excluding carboxylic acids is 5. The van der Waals surface area contributed by atoms with Gasteiger partial charge in [-0.15, -0.1) is 0 Å². The Morgan fingerprint density at radius 2 is 1.53 bits per heavy atom. The summed E-state index contributed by atoms with van der Waals surface area (Å²) in [5, 5.41) is 23.2. The highest BCUT2D eigenvalue weighted by Gasteiger charge is 2.46. The van der Waals surface area contributed by atoms with Crippen LogP contribution in [0.15, 0.2) is 47.6 Å². The lowest BCUT2D eigenvalue weighted by atomic mass is 9.78. The van der Waals surface area contributed by atoms with E-state index in [-0.39, 0.29) is 72.9 Å². The predicted octanol–water partition coefficient (Wildman–Crippen LogP) is 9.04. The first kappa shape index (κ1) is 61.2. The van der Waals surface area contributed by atoms with Gasteiger partial charge in [0.15, 0.2) is 13.2 Å². The van der Waals surface area contributed by atoms with Crippen LogP contribution in [0.1, 0.15) is 139 Å². The van der Waals surface area contributed by atoms with Crippen LogP contribution >= 0.6 is 7.37 Å². The number of carbonyl (C=O) groups is 5. The van der Waals surface area contributed by atoms with E-state index in [9.17, 15) is 38.8 Å². The molecule has 0 aromatic rings. The average Bonchev–Trinajstić information content (AvgIpc) is 3.30. The zero-order valence-corrected chi connectivity index (χ0v) is 45.9. The van der Waals surface area contributed by atoms with Crippen LogP contribution < -0.4 is 0 Å². The number of nitrogens with zero attached hydrogens (tertiary/aromatic N) is 1. The maximum absolute atomic E-state index is 14.4. The Hall–Kier alpha value is -3.10. The summed E-state index contributed by atoms with van der Waals surface area (Å²) in [7, 11) is 1.87. The molecule has 15 heteroatoms. The van der Waals surface area contributed by atoms with E-state index < -0.39 is 72.7 Å². The number of fused-ring (bicyclic) bond motifs is 1. The monoisotopic (exact) mass is 1000 g/mol. The van der Waals surface area contributed by atoms with Crippen molar-refractivity contribution in [2.45, 2.75) is 188 Å². The minimum Gasteiger partial charge on any atom is -0.460 e. The van der Waals surface area contributed by atoms with Crippen molar-refractivity contribution in [2.75, 3.05) is 41.2 Å². The first-order valence-corrected chi connectivity index (χ1v) is 28.3. The topological polar surface area (TPSA) is 192 Å². The van der Waals surface area contributed by atoms with E-state index in [4.69, 9.17) is 23.5 Å². The quantitative estimate of drug-likeness (QED) is 0.101. The fraction of sp³-hybridized carbons (Fsp3) is 0.764. The van der Waals surface area contributed by atoms with Crippen LogP contribution in [0.25, 0.3) is 0 Å². The molecule has 70 heavy (non-hydrogen) atoms. The van der Waals surface area contributed by atoms with Gasteiger partial charge in [0.1, 0.15) is 35.7 Å². The highest BCUT2D eigenvalue weighted by Crippen LogP contribution is 2.44. The molecule has 2 heterocycles. The van der Waals surface area contributed by atoms with Gasteiger partial charge in [-0.25, -0.2) is 4.79 Å². The van der Waals surface area contributed by atoms with Gasteiger partial charge < -0.3 is 38.6 Å². The molecule has 0 spiro atoms. The second kappa shape index (κ2) is 28.4. The Morgan fingerprint density at radius 1 is 0.843 bits per heavy atom. The fourth-order valence-electron chi connectivity index (χ4n) is 10.4. The van der Waals surface area contributed by atoms with Gasteiger partial charge in [0.05, 0.1) is 18.3 Å². The SMILES string of the molecule is CO[C@H]1C[C@@H](C)CC[C@@H](C)[C@](C)(O)C(=O)C(=O)N2CCCC[C@H]2C(=O)O[C@H]([C@H](C)C[C@@H]2CC[C@@H](OP(C)(C)=O)[C@H](OC)C2)CC(=O)[C@H](C)/C=C(\C)[C@@H](O)[C@@H](OC)C(=O)[C@H](C)C[C@H](C)/C=C/C=C/C=C/1C. The molecule has 3 rings (SSSR count). The van der Waals surface area contributed by atoms with Crippen molar-refractivity contribution < 1.29 is 62.2 Å². The van der Waals surface area contributed by atoms with Crippen molar-refractivity contribution in [3.05, 3.63) is 47.6 Å². The zero-order chi connectivity index (χ0) is 52.7. The normalized spacial score (nSPS) is 38.2. The van der Waals surface area contributed by atoms with E-state index in [1.165, 1.54) is 18.9 Å². The number of hydrogen-bond donors (Lipinski definition) is 2. The van der Waals surface area contributed by atoms with Gasteiger partial charge in [0, 0.05) is 59.5 Å². The van der Waals surface area contributed by atoms with E-state index >= 15 is 0 Å². The van der Waals surface area contributed by atoms with Crippen molar-refractivity contribution in [3.8, 4) is 0 Å². The number of amides is 1. The van der Waals surface area contributed by atoms with Crippen LogP contribution in [-0.2, 0) is 52.0 Å². The molecule has 0 radical (unpaired) electrons. The van der Waals surface area contributed by atoms with Crippen molar-refractivity contribution in [2.24, 2.45) is 41.4 Å². The third-order valence-corrected chi connectivity index (χ3v) is 16.0. The summed E-state index contributed by atoms with van der Waals surface area (Å²) >= 11 is 0. The van der Waals surface area contributed by atoms with Gasteiger partial charge in [-0.2, -0.15) is 0 Å². The molecule has 1 aliphatic carbocycles. The van der Waals surface area contributed by atoms with E-state index in [2.05, 4.69) is 6.92 Å². The minimum absolute atomic E-state index is 0.0416. The zero-order valence-electron chi connectivity index (χ0n) is 45.0. The number of esters is 1. The standard InChI is InChI=1S/C55H90NO13P/c1-34-20-16-15-17-21-36(3)46(65-10)29-35(2)23-24-41(8)55(9,63)52(60)53(61)56-27-19-18-22-43(56)54(62)68-47(38(5)31-42-25-26-45(48(32-42)66-11)69-70(13,14)64)33-44(57)37(4)30-40(7)50(59)51(67-12)49(58)39(6)28-34/h15-17,20-21,30,34-35,37-39,41-43,45-48,50-51,59,63H,18-19,22-29,31-33H2,1-14H3/b17-15+,20-16+,36-21+,40-30+/t34-,35+,37-,38-,39-,41-,42+,43+,45-,46+,47+,48-,50-,51+,55+/m1/s1. The van der Waals surface area contributed by atoms with Gasteiger partial charge in [0.25, 0.3) is 11.7 Å². The van der Waals surface area contributed by atoms with Crippen LogP contribution in [0.5, 0.6) is 0 Å². The molecule has 0 aromatic carbocycles. The summed E-state index contributed by atoms with van der Waals surface area (Å²) in [6, 6.07) is -1.11. The molecule has 398 valence electrons. The number of cyclic esters (lactones) is 1. The van der Waals surface area contributed by atoms with Gasteiger partial charge in [-0.05, 0) is 126 Å². The number of methoxy groups -OCH3 is 3. The lowest BCUT2D eigenvalue weighted by molar-refractivity contribution is -0.169. The van der Waals surface area contributed by atoms with Crippen LogP contribution in [0.3, 0.4) is 0 Å². The molecule has 14 nitrogen and oxygen atoms in total. The lowest BCUT2D eigenvalue weighted by Crippen LogP contribution is -2.57. The summed E-state index contributed by atoms with van der Waals surface area (Å²) in [5.41, 5.74) is -0.588.